The molecule has 18 heavy (non-hydrogen) atoms. The summed E-state index contributed by atoms with van der Waals surface area (Å²) in [6.07, 6.45) is 1.65. The number of nitrogens with zero attached hydrogens (tertiary/aromatic N) is 1. The van der Waals surface area contributed by atoms with E-state index in [9.17, 15) is 4.79 Å². The molecule has 1 N–H and O–H groups in total. The van der Waals surface area contributed by atoms with Gasteiger partial charge in [-0.2, -0.15) is 0 Å². The second kappa shape index (κ2) is 6.83. The molecule has 0 radical (unpaired) electrons. The lowest BCUT2D eigenvalue weighted by molar-refractivity contribution is -0.142. The van der Waals surface area contributed by atoms with Crippen molar-refractivity contribution < 1.29 is 14.3 Å². The van der Waals surface area contributed by atoms with Crippen molar-refractivity contribution in [3.63, 3.8) is 0 Å². The van der Waals surface area contributed by atoms with Crippen LogP contribution in [0.4, 0.5) is 5.82 Å². The number of carbonyl (C=O) groups is 1. The fourth-order valence-electron chi connectivity index (χ4n) is 1.54. The van der Waals surface area contributed by atoms with Crippen LogP contribution in [0.15, 0.2) is 18.3 Å². The molecule has 5 heteroatoms. The number of carbonyl (C=O) groups excluding carboxylic acids is 1. The quantitative estimate of drug-likeness (QED) is 0.785. The smallest absolute Gasteiger partial charge is 0.328 e. The first-order valence-corrected chi connectivity index (χ1v) is 6.02. The van der Waals surface area contributed by atoms with Gasteiger partial charge in [-0.3, -0.25) is 0 Å². The van der Waals surface area contributed by atoms with Gasteiger partial charge in [0, 0.05) is 6.20 Å². The Labute approximate surface area is 108 Å². The van der Waals surface area contributed by atoms with Crippen molar-refractivity contribution in [3.8, 4) is 5.75 Å². The number of ether oxygens (including phenoxy) is 2. The van der Waals surface area contributed by atoms with Gasteiger partial charge < -0.3 is 14.8 Å². The minimum Gasteiger partial charge on any atom is -0.490 e. The Morgan fingerprint density at radius 1 is 1.50 bits per heavy atom. The standard InChI is InChI=1S/C13H20N2O3/c1-5-18-10-7-6-8-14-12(10)15-11(9(2)3)13(16)17-4/h6-9,11H,5H2,1-4H3,(H,14,15). The van der Waals surface area contributed by atoms with Gasteiger partial charge in [0.15, 0.2) is 11.6 Å². The maximum Gasteiger partial charge on any atom is 0.328 e. The van der Waals surface area contributed by atoms with Crippen LogP contribution in [0.2, 0.25) is 0 Å². The predicted octanol–water partition coefficient (Wildman–Crippen LogP) is 2.09. The summed E-state index contributed by atoms with van der Waals surface area (Å²) in [6, 6.07) is 3.16. The Morgan fingerprint density at radius 3 is 2.78 bits per heavy atom. The third-order valence-electron chi connectivity index (χ3n) is 2.48. The van der Waals surface area contributed by atoms with Crippen molar-refractivity contribution in [2.45, 2.75) is 26.8 Å². The average molecular weight is 252 g/mol. The summed E-state index contributed by atoms with van der Waals surface area (Å²) >= 11 is 0. The highest BCUT2D eigenvalue weighted by atomic mass is 16.5. The molecule has 1 atom stereocenters. The molecule has 1 rings (SSSR count). The van der Waals surface area contributed by atoms with E-state index < -0.39 is 6.04 Å². The van der Waals surface area contributed by atoms with E-state index in [1.807, 2.05) is 26.8 Å². The van der Waals surface area contributed by atoms with Crippen LogP contribution in [0, 0.1) is 5.92 Å². The first-order chi connectivity index (χ1) is 8.60. The van der Waals surface area contributed by atoms with Crippen LogP contribution in [-0.2, 0) is 9.53 Å². The highest BCUT2D eigenvalue weighted by Crippen LogP contribution is 2.23. The third-order valence-corrected chi connectivity index (χ3v) is 2.48. The van der Waals surface area contributed by atoms with Crippen molar-refractivity contribution in [1.82, 2.24) is 4.98 Å². The van der Waals surface area contributed by atoms with Crippen molar-refractivity contribution in [2.75, 3.05) is 19.0 Å². The lowest BCUT2D eigenvalue weighted by atomic mass is 10.0. The molecule has 0 aliphatic rings. The lowest BCUT2D eigenvalue weighted by Gasteiger charge is -2.21. The molecule has 0 aliphatic heterocycles. The highest BCUT2D eigenvalue weighted by molar-refractivity contribution is 5.79. The monoisotopic (exact) mass is 252 g/mol. The van der Waals surface area contributed by atoms with Crippen LogP contribution in [0.3, 0.4) is 0 Å². The normalized spacial score (nSPS) is 12.1. The van der Waals surface area contributed by atoms with E-state index in [0.717, 1.165) is 0 Å². The zero-order chi connectivity index (χ0) is 13.5. The number of nitrogens with one attached hydrogen (secondary N) is 1. The first kappa shape index (κ1) is 14.3. The second-order valence-electron chi connectivity index (χ2n) is 4.17. The molecule has 0 fully saturated rings. The van der Waals surface area contributed by atoms with Crippen LogP contribution in [-0.4, -0.2) is 30.7 Å². The van der Waals surface area contributed by atoms with E-state index in [4.69, 9.17) is 9.47 Å². The van der Waals surface area contributed by atoms with Crippen LogP contribution in [0.5, 0.6) is 5.75 Å². The summed E-state index contributed by atoms with van der Waals surface area (Å²) in [7, 11) is 1.38. The van der Waals surface area contributed by atoms with E-state index in [-0.39, 0.29) is 11.9 Å². The number of hydrogen-bond acceptors (Lipinski definition) is 5. The molecule has 0 bridgehead atoms. The van der Waals surface area contributed by atoms with Gasteiger partial charge in [0.2, 0.25) is 0 Å². The molecule has 0 aromatic carbocycles. The number of hydrogen-bond donors (Lipinski definition) is 1. The zero-order valence-electron chi connectivity index (χ0n) is 11.3. The maximum atomic E-state index is 11.7. The molecule has 5 nitrogen and oxygen atoms in total. The van der Waals surface area contributed by atoms with Crippen LogP contribution >= 0.6 is 0 Å². The molecule has 0 aliphatic carbocycles. The molecular formula is C13H20N2O3. The second-order valence-corrected chi connectivity index (χ2v) is 4.17. The fraction of sp³-hybridized carbons (Fsp3) is 0.538. The van der Waals surface area contributed by atoms with Crippen LogP contribution < -0.4 is 10.1 Å². The summed E-state index contributed by atoms with van der Waals surface area (Å²) in [5.41, 5.74) is 0. The van der Waals surface area contributed by atoms with Crippen LogP contribution in [0.25, 0.3) is 0 Å². The lowest BCUT2D eigenvalue weighted by Crippen LogP contribution is -2.35. The minimum atomic E-state index is -0.441. The number of anilines is 1. The van der Waals surface area contributed by atoms with E-state index in [1.54, 1.807) is 12.3 Å². The van der Waals surface area contributed by atoms with Gasteiger partial charge in [-0.25, -0.2) is 9.78 Å². The average Bonchev–Trinajstić information content (AvgIpc) is 2.36. The van der Waals surface area contributed by atoms with Gasteiger partial charge in [0.1, 0.15) is 6.04 Å². The van der Waals surface area contributed by atoms with E-state index in [2.05, 4.69) is 10.3 Å². The summed E-state index contributed by atoms with van der Waals surface area (Å²) in [6.45, 7) is 6.33. The molecule has 0 amide bonds. The van der Waals surface area contributed by atoms with Gasteiger partial charge in [-0.05, 0) is 25.0 Å². The van der Waals surface area contributed by atoms with Gasteiger partial charge in [0.05, 0.1) is 13.7 Å². The minimum absolute atomic E-state index is 0.0916. The van der Waals surface area contributed by atoms with Crippen LogP contribution in [0.1, 0.15) is 20.8 Å². The molecule has 0 saturated carbocycles. The van der Waals surface area contributed by atoms with Gasteiger partial charge >= 0.3 is 5.97 Å². The molecule has 1 heterocycles. The molecule has 1 aromatic rings. The van der Waals surface area contributed by atoms with E-state index in [0.29, 0.717) is 18.2 Å². The topological polar surface area (TPSA) is 60.5 Å². The first-order valence-electron chi connectivity index (χ1n) is 6.02. The highest BCUT2D eigenvalue weighted by Gasteiger charge is 2.24. The molecular weight excluding hydrogens is 232 g/mol. The third kappa shape index (κ3) is 3.61. The Balaban J connectivity index is 2.89. The van der Waals surface area contributed by atoms with Gasteiger partial charge in [-0.15, -0.1) is 0 Å². The van der Waals surface area contributed by atoms with Crippen molar-refractivity contribution in [2.24, 2.45) is 5.92 Å². The predicted molar refractivity (Wildman–Crippen MR) is 69.7 cm³/mol. The molecule has 0 spiro atoms. The molecule has 0 saturated heterocycles. The molecule has 1 aromatic heterocycles. The molecule has 1 unspecified atom stereocenters. The zero-order valence-corrected chi connectivity index (χ0v) is 11.3. The summed E-state index contributed by atoms with van der Waals surface area (Å²) in [5.74, 6) is 0.977. The number of methoxy groups -OCH3 is 1. The summed E-state index contributed by atoms with van der Waals surface area (Å²) in [5, 5.41) is 3.07. The van der Waals surface area contributed by atoms with E-state index in [1.165, 1.54) is 7.11 Å². The number of aromatic nitrogens is 1. The molecule has 100 valence electrons. The summed E-state index contributed by atoms with van der Waals surface area (Å²) in [4.78, 5) is 15.9. The van der Waals surface area contributed by atoms with Gasteiger partial charge in [0.25, 0.3) is 0 Å². The Bertz CT molecular complexity index is 394. The van der Waals surface area contributed by atoms with Crippen molar-refractivity contribution >= 4 is 11.8 Å². The Hall–Kier alpha value is -1.78. The fourth-order valence-corrected chi connectivity index (χ4v) is 1.54. The number of esters is 1. The summed E-state index contributed by atoms with van der Waals surface area (Å²) < 4.78 is 10.2. The SMILES string of the molecule is CCOc1cccnc1NC(C(=O)OC)C(C)C. The van der Waals surface area contributed by atoms with Crippen molar-refractivity contribution in [3.05, 3.63) is 18.3 Å². The van der Waals surface area contributed by atoms with E-state index >= 15 is 0 Å². The Kier molecular flexibility index (Phi) is 5.42. The number of pyridine rings is 1. The number of rotatable bonds is 6. The van der Waals surface area contributed by atoms with Crippen molar-refractivity contribution in [1.29, 1.82) is 0 Å². The largest absolute Gasteiger partial charge is 0.490 e. The van der Waals surface area contributed by atoms with Gasteiger partial charge in [-0.1, -0.05) is 13.8 Å². The Morgan fingerprint density at radius 2 is 2.22 bits per heavy atom. The maximum absolute atomic E-state index is 11.7.